The molecule has 4 heteroatoms. The lowest BCUT2D eigenvalue weighted by atomic mass is 9.33. The van der Waals surface area contributed by atoms with Gasteiger partial charge in [0.15, 0.2) is 0 Å². The Hall–Kier alpha value is -5.22. The minimum Gasteiger partial charge on any atom is -0.335 e. The van der Waals surface area contributed by atoms with E-state index in [1.165, 1.54) is 115 Å². The molecule has 2 atom stereocenters. The molecule has 3 nitrogen and oxygen atoms in total. The second kappa shape index (κ2) is 11.1. The molecular weight excluding hydrogens is 629 g/mol. The molecule has 0 N–H and O–H groups in total. The molecule has 2 unspecified atom stereocenters. The summed E-state index contributed by atoms with van der Waals surface area (Å²) in [6.07, 6.45) is 4.93. The summed E-state index contributed by atoms with van der Waals surface area (Å²) < 4.78 is 0. The van der Waals surface area contributed by atoms with E-state index in [2.05, 4.69) is 178 Å². The second-order valence-corrected chi connectivity index (χ2v) is 16.4. The third-order valence-corrected chi connectivity index (χ3v) is 13.3. The molecule has 3 aliphatic heterocycles. The molecule has 1 saturated carbocycles. The fourth-order valence-electron chi connectivity index (χ4n) is 10.5. The normalized spacial score (nSPS) is 20.6. The van der Waals surface area contributed by atoms with E-state index in [1.54, 1.807) is 0 Å². The van der Waals surface area contributed by atoms with Crippen LogP contribution in [-0.4, -0.2) is 12.3 Å². The monoisotopic (exact) mass is 675 g/mol. The van der Waals surface area contributed by atoms with E-state index in [0.717, 1.165) is 0 Å². The second-order valence-electron chi connectivity index (χ2n) is 16.4. The summed E-state index contributed by atoms with van der Waals surface area (Å²) in [5, 5.41) is 0. The topological polar surface area (TPSA) is 9.72 Å². The summed E-state index contributed by atoms with van der Waals surface area (Å²) in [4.78, 5) is 7.91. The van der Waals surface area contributed by atoms with Crippen LogP contribution in [0.1, 0.15) is 67.3 Å². The molecule has 0 amide bonds. The van der Waals surface area contributed by atoms with Gasteiger partial charge in [-0.3, -0.25) is 0 Å². The first-order chi connectivity index (χ1) is 25.2. The predicted molar refractivity (Wildman–Crippen MR) is 222 cm³/mol. The largest absolute Gasteiger partial charge is 0.335 e. The molecule has 10 rings (SSSR count). The van der Waals surface area contributed by atoms with Crippen LogP contribution < -0.4 is 31.1 Å². The number of para-hydroxylation sites is 2. The van der Waals surface area contributed by atoms with Crippen molar-refractivity contribution in [2.45, 2.75) is 78.2 Å². The lowest BCUT2D eigenvalue weighted by Crippen LogP contribution is -2.64. The Kier molecular flexibility index (Phi) is 6.75. The average Bonchev–Trinajstić information content (AvgIpc) is 3.36. The maximum Gasteiger partial charge on any atom is 0.252 e. The van der Waals surface area contributed by atoms with E-state index in [-0.39, 0.29) is 17.7 Å². The first kappa shape index (κ1) is 31.5. The van der Waals surface area contributed by atoms with E-state index >= 15 is 0 Å². The van der Waals surface area contributed by atoms with Crippen LogP contribution in [0.5, 0.6) is 0 Å². The number of anilines is 8. The molecule has 0 aromatic heterocycles. The van der Waals surface area contributed by atoms with Crippen LogP contribution >= 0.6 is 0 Å². The third-order valence-electron chi connectivity index (χ3n) is 13.3. The molecule has 6 aromatic carbocycles. The first-order valence-corrected chi connectivity index (χ1v) is 19.2. The van der Waals surface area contributed by atoms with Crippen molar-refractivity contribution in [3.8, 4) is 0 Å². The summed E-state index contributed by atoms with van der Waals surface area (Å²) in [5.74, 6) is 0. The lowest BCUT2D eigenvalue weighted by molar-refractivity contribution is 0.195. The van der Waals surface area contributed by atoms with Crippen LogP contribution in [0.4, 0.5) is 45.5 Å². The van der Waals surface area contributed by atoms with Gasteiger partial charge in [-0.1, -0.05) is 104 Å². The van der Waals surface area contributed by atoms with Gasteiger partial charge >= 0.3 is 0 Å². The van der Waals surface area contributed by atoms with Gasteiger partial charge in [0.05, 0.1) is 11.2 Å². The number of rotatable bonds is 4. The van der Waals surface area contributed by atoms with Crippen molar-refractivity contribution in [1.82, 2.24) is 0 Å². The Morgan fingerprint density at radius 1 is 0.577 bits per heavy atom. The molecule has 1 fully saturated rings. The van der Waals surface area contributed by atoms with Crippen molar-refractivity contribution in [3.05, 3.63) is 149 Å². The van der Waals surface area contributed by atoms with E-state index in [9.17, 15) is 0 Å². The Bertz CT molecular complexity index is 2370. The Labute approximate surface area is 309 Å². The highest BCUT2D eigenvalue weighted by Crippen LogP contribution is 2.62. The van der Waals surface area contributed by atoms with Gasteiger partial charge in [0, 0.05) is 45.2 Å². The highest BCUT2D eigenvalue weighted by atomic mass is 15.3. The number of hydrogen-bond acceptors (Lipinski definition) is 3. The van der Waals surface area contributed by atoms with Gasteiger partial charge in [-0.05, 0) is 129 Å². The molecule has 0 spiro atoms. The molecule has 52 heavy (non-hydrogen) atoms. The first-order valence-electron chi connectivity index (χ1n) is 19.2. The fourth-order valence-corrected chi connectivity index (χ4v) is 10.5. The zero-order chi connectivity index (χ0) is 35.5. The quantitative estimate of drug-likeness (QED) is 0.172. The lowest BCUT2D eigenvalue weighted by Gasteiger charge is -2.53. The summed E-state index contributed by atoms with van der Waals surface area (Å²) in [5.41, 5.74) is 21.1. The van der Waals surface area contributed by atoms with Crippen LogP contribution in [0.2, 0.25) is 0 Å². The predicted octanol–water partition coefficient (Wildman–Crippen LogP) is 10.7. The smallest absolute Gasteiger partial charge is 0.252 e. The maximum absolute atomic E-state index is 2.84. The molecular formula is C48H46BN3. The number of benzene rings is 6. The Morgan fingerprint density at radius 2 is 1.19 bits per heavy atom. The fraction of sp³-hybridized carbons (Fsp3) is 0.250. The van der Waals surface area contributed by atoms with Crippen LogP contribution in [-0.2, 0) is 5.41 Å². The standard InChI is InChI=1S/C48H46BN3/c1-31-18-22-35(23-19-31)50(36-24-20-32(2)21-25-36)38-29-42-44-43(30-38)52-46-39(47(5)26-7-8-27-48(47,52)6)15-11-17-41(46)49(44)40-16-10-13-34(4)45(40)51(42)37-14-9-12-33(3)28-37/h9-25,28-30H,7-8,26-27H2,1-6H3. The van der Waals surface area contributed by atoms with Gasteiger partial charge in [0.25, 0.3) is 6.71 Å². The van der Waals surface area contributed by atoms with Gasteiger partial charge < -0.3 is 14.7 Å². The minimum absolute atomic E-state index is 0.0410. The highest BCUT2D eigenvalue weighted by molar-refractivity contribution is 7.00. The summed E-state index contributed by atoms with van der Waals surface area (Å²) in [6, 6.07) is 46.5. The number of hydrogen-bond donors (Lipinski definition) is 0. The zero-order valence-corrected chi connectivity index (χ0v) is 31.3. The molecule has 4 aliphatic rings. The molecule has 0 bridgehead atoms. The van der Waals surface area contributed by atoms with Gasteiger partial charge in [-0.25, -0.2) is 0 Å². The average molecular weight is 676 g/mol. The van der Waals surface area contributed by atoms with Crippen LogP contribution in [0.25, 0.3) is 0 Å². The van der Waals surface area contributed by atoms with E-state index in [0.29, 0.717) is 0 Å². The van der Waals surface area contributed by atoms with E-state index in [1.807, 2.05) is 0 Å². The molecule has 1 aliphatic carbocycles. The third kappa shape index (κ3) is 4.21. The number of aryl methyl sites for hydroxylation is 4. The van der Waals surface area contributed by atoms with Crippen LogP contribution in [0.3, 0.4) is 0 Å². The molecule has 0 saturated heterocycles. The van der Waals surface area contributed by atoms with Gasteiger partial charge in [0.2, 0.25) is 0 Å². The summed E-state index contributed by atoms with van der Waals surface area (Å²) >= 11 is 0. The van der Waals surface area contributed by atoms with Gasteiger partial charge in [0.1, 0.15) is 0 Å². The molecule has 0 radical (unpaired) electrons. The van der Waals surface area contributed by atoms with Crippen LogP contribution in [0, 0.1) is 27.7 Å². The van der Waals surface area contributed by atoms with Crippen molar-refractivity contribution in [2.24, 2.45) is 0 Å². The molecule has 6 aromatic rings. The van der Waals surface area contributed by atoms with Crippen molar-refractivity contribution in [1.29, 1.82) is 0 Å². The van der Waals surface area contributed by atoms with Crippen molar-refractivity contribution in [2.75, 3.05) is 14.7 Å². The molecule has 256 valence electrons. The molecule has 3 heterocycles. The minimum atomic E-state index is -0.0410. The van der Waals surface area contributed by atoms with E-state index in [4.69, 9.17) is 0 Å². The van der Waals surface area contributed by atoms with Crippen LogP contribution in [0.15, 0.2) is 121 Å². The Balaban J connectivity index is 1.35. The maximum atomic E-state index is 2.84. The van der Waals surface area contributed by atoms with Crippen molar-refractivity contribution >= 4 is 68.6 Å². The van der Waals surface area contributed by atoms with Gasteiger partial charge in [-0.2, -0.15) is 0 Å². The highest BCUT2D eigenvalue weighted by Gasteiger charge is 2.61. The zero-order valence-electron chi connectivity index (χ0n) is 31.3. The number of fused-ring (bicyclic) bond motifs is 7. The number of nitrogens with zero attached hydrogens (tertiary/aromatic N) is 3. The Morgan fingerprint density at radius 3 is 1.88 bits per heavy atom. The summed E-state index contributed by atoms with van der Waals surface area (Å²) in [6.45, 7) is 14.1. The summed E-state index contributed by atoms with van der Waals surface area (Å²) in [7, 11) is 0. The van der Waals surface area contributed by atoms with E-state index < -0.39 is 0 Å². The van der Waals surface area contributed by atoms with Crippen molar-refractivity contribution < 1.29 is 0 Å². The SMILES string of the molecule is Cc1ccc(N(c2ccc(C)cc2)c2cc3c4c(c2)N2c5c(cccc5C5(C)CCCCC25C)B4c2cccc(C)c2N3c2cccc(C)c2)cc1. The van der Waals surface area contributed by atoms with Gasteiger partial charge in [-0.15, -0.1) is 0 Å². The van der Waals surface area contributed by atoms with Crippen molar-refractivity contribution in [3.63, 3.8) is 0 Å².